The lowest BCUT2D eigenvalue weighted by Crippen LogP contribution is -2.54. The molecule has 0 bridgehead atoms. The summed E-state index contributed by atoms with van der Waals surface area (Å²) in [6.45, 7) is 8.53. The second-order valence-electron chi connectivity index (χ2n) is 16.5. The van der Waals surface area contributed by atoms with Crippen LogP contribution in [0.5, 0.6) is 0 Å². The topological polar surface area (TPSA) is 184 Å². The Bertz CT molecular complexity index is 2390. The van der Waals surface area contributed by atoms with Crippen LogP contribution >= 0.6 is 0 Å². The number of carbonyl (C=O) groups excluding carboxylic acids is 4. The van der Waals surface area contributed by atoms with E-state index in [0.29, 0.717) is 12.4 Å². The normalized spacial score (nSPS) is 24.6. The summed E-state index contributed by atoms with van der Waals surface area (Å²) in [7, 11) is 4.07. The Balaban J connectivity index is 0.949. The van der Waals surface area contributed by atoms with Crippen LogP contribution in [0.3, 0.4) is 0 Å². The van der Waals surface area contributed by atoms with Crippen molar-refractivity contribution in [2.75, 3.05) is 27.9 Å². The molecule has 0 radical (unpaired) electrons. The Morgan fingerprint density at radius 1 is 0.800 bits per heavy atom. The number of ether oxygens (including phenoxy) is 3. The molecule has 4 N–H and O–H groups in total. The summed E-state index contributed by atoms with van der Waals surface area (Å²) in [6.07, 6.45) is 1.48. The Morgan fingerprint density at radius 2 is 1.43 bits per heavy atom. The molecule has 60 heavy (non-hydrogen) atoms. The molecule has 0 spiro atoms. The SMILES string of the molecule is COC(=O)N[C@@H]1C(=O)N2C(C1C)[C@@H](C)C[C@H]2c1ncc(-c2ccc(-c3ccc(-c4ccc5nc([C@@H]6C[C@H](C)CN6C(=O)[C@@H](NC(=O)OC)[C@@H](C)OC)[nH]c5c4)cc3)cc2)[nH]1. The second kappa shape index (κ2) is 16.4. The van der Waals surface area contributed by atoms with Crippen molar-refractivity contribution < 1.29 is 33.4 Å². The number of aromatic amines is 2. The van der Waals surface area contributed by atoms with Crippen LogP contribution in [0.1, 0.15) is 64.3 Å². The van der Waals surface area contributed by atoms with Crippen LogP contribution in [-0.2, 0) is 23.8 Å². The molecule has 3 aromatic carbocycles. The molecule has 314 valence electrons. The summed E-state index contributed by atoms with van der Waals surface area (Å²) in [5, 5.41) is 5.38. The maximum absolute atomic E-state index is 13.8. The minimum atomic E-state index is -0.909. The van der Waals surface area contributed by atoms with Crippen LogP contribution in [0.4, 0.5) is 9.59 Å². The predicted octanol–water partition coefficient (Wildman–Crippen LogP) is 6.61. The van der Waals surface area contributed by atoms with E-state index in [1.54, 1.807) is 11.8 Å². The number of carbonyl (C=O) groups is 4. The molecule has 0 aliphatic carbocycles. The minimum Gasteiger partial charge on any atom is -0.453 e. The van der Waals surface area contributed by atoms with E-state index in [4.69, 9.17) is 24.2 Å². The molecule has 8 rings (SSSR count). The molecule has 2 unspecified atom stereocenters. The van der Waals surface area contributed by atoms with Gasteiger partial charge in [0.25, 0.3) is 0 Å². The van der Waals surface area contributed by atoms with Gasteiger partial charge in [-0.05, 0) is 71.6 Å². The third-order valence-corrected chi connectivity index (χ3v) is 12.7. The molecule has 5 heterocycles. The van der Waals surface area contributed by atoms with E-state index in [9.17, 15) is 19.2 Å². The number of nitrogens with one attached hydrogen (secondary N) is 4. The van der Waals surface area contributed by atoms with Crippen LogP contribution in [0.25, 0.3) is 44.5 Å². The number of methoxy groups -OCH3 is 3. The maximum atomic E-state index is 13.8. The molecule has 4 amide bonds. The Morgan fingerprint density at radius 3 is 2.08 bits per heavy atom. The van der Waals surface area contributed by atoms with E-state index >= 15 is 0 Å². The second-order valence-corrected chi connectivity index (χ2v) is 16.5. The number of likely N-dealkylation sites (tertiary alicyclic amines) is 1. The van der Waals surface area contributed by atoms with Gasteiger partial charge in [-0.2, -0.15) is 0 Å². The Kier molecular flexibility index (Phi) is 11.1. The number of alkyl carbamates (subject to hydrolysis) is 2. The first-order chi connectivity index (χ1) is 28.9. The molecular formula is C45H52N8O7. The van der Waals surface area contributed by atoms with Crippen molar-refractivity contribution >= 4 is 35.0 Å². The van der Waals surface area contributed by atoms with E-state index in [-0.39, 0.29) is 47.7 Å². The number of hydrogen-bond donors (Lipinski definition) is 4. The monoisotopic (exact) mass is 816 g/mol. The number of imidazole rings is 2. The van der Waals surface area contributed by atoms with Crippen molar-refractivity contribution in [3.8, 4) is 33.5 Å². The van der Waals surface area contributed by atoms with Crippen LogP contribution in [-0.4, -0.2) is 106 Å². The van der Waals surface area contributed by atoms with Gasteiger partial charge in [0, 0.05) is 25.6 Å². The number of aromatic nitrogens is 4. The van der Waals surface area contributed by atoms with Gasteiger partial charge >= 0.3 is 12.2 Å². The lowest BCUT2D eigenvalue weighted by molar-refractivity contribution is -0.137. The highest BCUT2D eigenvalue weighted by Gasteiger charge is 2.56. The number of nitrogens with zero attached hydrogens (tertiary/aromatic N) is 4. The number of hydrogen-bond acceptors (Lipinski definition) is 9. The summed E-state index contributed by atoms with van der Waals surface area (Å²) >= 11 is 0. The first-order valence-corrected chi connectivity index (χ1v) is 20.5. The first kappa shape index (κ1) is 40.6. The largest absolute Gasteiger partial charge is 0.453 e. The van der Waals surface area contributed by atoms with E-state index in [1.165, 1.54) is 21.3 Å². The van der Waals surface area contributed by atoms with Gasteiger partial charge in [-0.3, -0.25) is 9.59 Å². The number of H-pyrrole nitrogens is 2. The zero-order valence-electron chi connectivity index (χ0n) is 34.9. The van der Waals surface area contributed by atoms with Gasteiger partial charge in [0.15, 0.2) is 0 Å². The minimum absolute atomic E-state index is 0.00457. The van der Waals surface area contributed by atoms with Crippen LogP contribution in [0.2, 0.25) is 0 Å². The molecule has 3 aliphatic heterocycles. The van der Waals surface area contributed by atoms with Crippen LogP contribution < -0.4 is 10.6 Å². The van der Waals surface area contributed by atoms with Crippen molar-refractivity contribution in [2.24, 2.45) is 17.8 Å². The van der Waals surface area contributed by atoms with Crippen LogP contribution in [0.15, 0.2) is 72.9 Å². The third-order valence-electron chi connectivity index (χ3n) is 12.7. The molecule has 3 aliphatic rings. The molecule has 3 saturated heterocycles. The van der Waals surface area contributed by atoms with Crippen molar-refractivity contribution in [3.63, 3.8) is 0 Å². The number of benzene rings is 3. The smallest absolute Gasteiger partial charge is 0.407 e. The standard InChI is InChI=1S/C45H52N8O7/c1-23-18-35(52(22-23)42(54)38(26(4)58-5)51-45(57)60-7)41-47-32-17-16-31(20-33(32)48-41)29-10-8-27(9-11-29)28-12-14-30(15-13-28)34-21-46-40(49-34)36-19-24(2)39-25(3)37(43(55)53(36)39)50-44(56)59-6/h8-17,20-21,23-26,35-39H,18-19,22H2,1-7H3,(H,46,49)(H,47,48)(H,50,56)(H,51,57)/t23-,24-,25?,26+,35-,36-,37-,38-,39?/m0/s1. The zero-order valence-corrected chi connectivity index (χ0v) is 34.9. The lowest BCUT2D eigenvalue weighted by Gasteiger charge is -2.30. The van der Waals surface area contributed by atoms with Crippen molar-refractivity contribution in [2.45, 2.75) is 76.8 Å². The first-order valence-electron chi connectivity index (χ1n) is 20.5. The Hall–Kier alpha value is -6.22. The van der Waals surface area contributed by atoms with Gasteiger partial charge in [-0.25, -0.2) is 19.6 Å². The molecule has 15 nitrogen and oxygen atoms in total. The quantitative estimate of drug-likeness (QED) is 0.121. The van der Waals surface area contributed by atoms with E-state index in [2.05, 4.69) is 95.1 Å². The highest BCUT2D eigenvalue weighted by molar-refractivity contribution is 5.90. The molecule has 15 heteroatoms. The summed E-state index contributed by atoms with van der Waals surface area (Å²) in [5.41, 5.74) is 7.75. The number of fused-ring (bicyclic) bond motifs is 2. The third kappa shape index (κ3) is 7.46. The van der Waals surface area contributed by atoms with Gasteiger partial charge in [0.05, 0.1) is 55.3 Å². The maximum Gasteiger partial charge on any atom is 0.407 e. The molecule has 9 atom stereocenters. The summed E-state index contributed by atoms with van der Waals surface area (Å²) < 4.78 is 15.0. The molecule has 3 fully saturated rings. The fourth-order valence-electron chi connectivity index (χ4n) is 9.51. The highest BCUT2D eigenvalue weighted by Crippen LogP contribution is 2.47. The number of rotatable bonds is 10. The molecule has 5 aromatic rings. The predicted molar refractivity (Wildman–Crippen MR) is 224 cm³/mol. The fraction of sp³-hybridized carbons (Fsp3) is 0.422. The van der Waals surface area contributed by atoms with Gasteiger partial charge in [0.2, 0.25) is 11.8 Å². The fourth-order valence-corrected chi connectivity index (χ4v) is 9.51. The average Bonchev–Trinajstić information content (AvgIpc) is 4.10. The van der Waals surface area contributed by atoms with Crippen molar-refractivity contribution in [1.29, 1.82) is 0 Å². The van der Waals surface area contributed by atoms with Gasteiger partial charge in [-0.1, -0.05) is 75.4 Å². The van der Waals surface area contributed by atoms with E-state index in [1.807, 2.05) is 24.1 Å². The van der Waals surface area contributed by atoms with Gasteiger partial charge < -0.3 is 44.6 Å². The van der Waals surface area contributed by atoms with E-state index in [0.717, 1.165) is 63.2 Å². The molecule has 2 aromatic heterocycles. The van der Waals surface area contributed by atoms with E-state index < -0.39 is 30.4 Å². The van der Waals surface area contributed by atoms with Gasteiger partial charge in [0.1, 0.15) is 23.7 Å². The summed E-state index contributed by atoms with van der Waals surface area (Å²) in [6, 6.07) is 20.9. The summed E-state index contributed by atoms with van der Waals surface area (Å²) in [4.78, 5) is 71.7. The van der Waals surface area contributed by atoms with Gasteiger partial charge in [-0.15, -0.1) is 0 Å². The summed E-state index contributed by atoms with van der Waals surface area (Å²) in [5.74, 6) is 1.53. The highest BCUT2D eigenvalue weighted by atomic mass is 16.5. The van der Waals surface area contributed by atoms with Crippen molar-refractivity contribution in [1.82, 2.24) is 40.4 Å². The Labute approximate surface area is 348 Å². The molecule has 0 saturated carbocycles. The number of amides is 4. The average molecular weight is 817 g/mol. The van der Waals surface area contributed by atoms with Crippen molar-refractivity contribution in [3.05, 3.63) is 84.6 Å². The van der Waals surface area contributed by atoms with Crippen LogP contribution in [0, 0.1) is 17.8 Å². The lowest BCUT2D eigenvalue weighted by atomic mass is 9.89. The zero-order chi connectivity index (χ0) is 42.4. The molecular weight excluding hydrogens is 765 g/mol.